The Balaban J connectivity index is 2.09. The summed E-state index contributed by atoms with van der Waals surface area (Å²) >= 11 is 0. The summed E-state index contributed by atoms with van der Waals surface area (Å²) in [4.78, 5) is 12.0. The minimum absolute atomic E-state index is 0.0301. The quantitative estimate of drug-likeness (QED) is 0.867. The van der Waals surface area contributed by atoms with Crippen LogP contribution in [0.5, 0.6) is 0 Å². The van der Waals surface area contributed by atoms with Crippen LogP contribution >= 0.6 is 0 Å². The third-order valence-electron chi connectivity index (χ3n) is 3.19. The number of carbonyl (C=O) groups excluding carboxylic acids is 1. The van der Waals surface area contributed by atoms with Gasteiger partial charge in [0.05, 0.1) is 30.3 Å². The maximum absolute atomic E-state index is 12.0. The molecule has 0 radical (unpaired) electrons. The van der Waals surface area contributed by atoms with E-state index in [-0.39, 0.29) is 17.9 Å². The van der Waals surface area contributed by atoms with Crippen LogP contribution in [0, 0.1) is 24.2 Å². The van der Waals surface area contributed by atoms with E-state index in [4.69, 9.17) is 10.00 Å². The van der Waals surface area contributed by atoms with Gasteiger partial charge in [-0.2, -0.15) is 5.26 Å². The van der Waals surface area contributed by atoms with Crippen molar-refractivity contribution in [1.82, 2.24) is 0 Å². The number of nitrogens with one attached hydrogen (secondary N) is 1. The third-order valence-corrected chi connectivity index (χ3v) is 3.19. The average Bonchev–Trinajstić information content (AvgIpc) is 2.79. The minimum atomic E-state index is -0.0925. The highest BCUT2D eigenvalue weighted by atomic mass is 16.5. The molecule has 1 heterocycles. The number of anilines is 1. The topological polar surface area (TPSA) is 62.1 Å². The summed E-state index contributed by atoms with van der Waals surface area (Å²) in [7, 11) is 0. The number of amides is 1. The molecule has 1 amide bonds. The molecule has 4 heteroatoms. The van der Waals surface area contributed by atoms with E-state index in [9.17, 15) is 4.79 Å². The Hall–Kier alpha value is -1.86. The Labute approximate surface area is 107 Å². The molecule has 1 N–H and O–H groups in total. The van der Waals surface area contributed by atoms with Gasteiger partial charge < -0.3 is 10.1 Å². The fourth-order valence-electron chi connectivity index (χ4n) is 2.06. The van der Waals surface area contributed by atoms with Crippen molar-refractivity contribution in [2.75, 3.05) is 11.9 Å². The zero-order valence-electron chi connectivity index (χ0n) is 10.6. The van der Waals surface area contributed by atoms with Crippen molar-refractivity contribution in [2.24, 2.45) is 5.92 Å². The fourth-order valence-corrected chi connectivity index (χ4v) is 2.06. The second kappa shape index (κ2) is 5.19. The summed E-state index contributed by atoms with van der Waals surface area (Å²) in [6.45, 7) is 4.35. The molecule has 0 aromatic heterocycles. The Morgan fingerprint density at radius 2 is 2.33 bits per heavy atom. The van der Waals surface area contributed by atoms with Gasteiger partial charge in [0.2, 0.25) is 5.91 Å². The SMILES string of the molecule is Cc1ccc(C#N)cc1NC(=O)C1COC(C)C1. The van der Waals surface area contributed by atoms with E-state index in [1.54, 1.807) is 12.1 Å². The highest BCUT2D eigenvalue weighted by molar-refractivity contribution is 5.93. The molecule has 4 nitrogen and oxygen atoms in total. The van der Waals surface area contributed by atoms with Crippen molar-refractivity contribution in [3.8, 4) is 6.07 Å². The molecular weight excluding hydrogens is 228 g/mol. The summed E-state index contributed by atoms with van der Waals surface area (Å²) in [6, 6.07) is 7.35. The summed E-state index contributed by atoms with van der Waals surface area (Å²) < 4.78 is 5.39. The zero-order chi connectivity index (χ0) is 13.1. The van der Waals surface area contributed by atoms with Gasteiger partial charge in [-0.05, 0) is 38.0 Å². The van der Waals surface area contributed by atoms with Crippen molar-refractivity contribution in [3.63, 3.8) is 0 Å². The Morgan fingerprint density at radius 3 is 2.94 bits per heavy atom. The van der Waals surface area contributed by atoms with Gasteiger partial charge in [-0.15, -0.1) is 0 Å². The molecule has 0 bridgehead atoms. The smallest absolute Gasteiger partial charge is 0.229 e. The van der Waals surface area contributed by atoms with Crippen LogP contribution in [0.15, 0.2) is 18.2 Å². The Bertz CT molecular complexity index is 505. The van der Waals surface area contributed by atoms with E-state index in [1.165, 1.54) is 0 Å². The van der Waals surface area contributed by atoms with Gasteiger partial charge in [-0.1, -0.05) is 6.07 Å². The number of nitrogens with zero attached hydrogens (tertiary/aromatic N) is 1. The number of hydrogen-bond donors (Lipinski definition) is 1. The van der Waals surface area contributed by atoms with E-state index >= 15 is 0 Å². The number of carbonyl (C=O) groups is 1. The first-order valence-electron chi connectivity index (χ1n) is 6.03. The predicted molar refractivity (Wildman–Crippen MR) is 68.0 cm³/mol. The van der Waals surface area contributed by atoms with Gasteiger partial charge in [-0.3, -0.25) is 4.79 Å². The molecule has 94 valence electrons. The van der Waals surface area contributed by atoms with Crippen molar-refractivity contribution in [1.29, 1.82) is 5.26 Å². The van der Waals surface area contributed by atoms with E-state index in [0.717, 1.165) is 12.0 Å². The Morgan fingerprint density at radius 1 is 1.56 bits per heavy atom. The highest BCUT2D eigenvalue weighted by Gasteiger charge is 2.28. The maximum Gasteiger partial charge on any atom is 0.229 e. The maximum atomic E-state index is 12.0. The molecule has 18 heavy (non-hydrogen) atoms. The first-order valence-corrected chi connectivity index (χ1v) is 6.03. The Kier molecular flexibility index (Phi) is 3.63. The van der Waals surface area contributed by atoms with E-state index in [2.05, 4.69) is 11.4 Å². The lowest BCUT2D eigenvalue weighted by Crippen LogP contribution is -2.23. The number of rotatable bonds is 2. The molecule has 0 aliphatic carbocycles. The first kappa shape index (κ1) is 12.6. The molecule has 1 fully saturated rings. The largest absolute Gasteiger partial charge is 0.378 e. The van der Waals surface area contributed by atoms with Crippen LogP contribution in [0.2, 0.25) is 0 Å². The fraction of sp³-hybridized carbons (Fsp3) is 0.429. The monoisotopic (exact) mass is 244 g/mol. The molecule has 2 unspecified atom stereocenters. The van der Waals surface area contributed by atoms with Gasteiger partial charge in [0.25, 0.3) is 0 Å². The van der Waals surface area contributed by atoms with Crippen LogP contribution in [0.1, 0.15) is 24.5 Å². The molecule has 1 aliphatic heterocycles. The molecule has 1 aromatic rings. The second-order valence-electron chi connectivity index (χ2n) is 4.71. The third kappa shape index (κ3) is 2.69. The van der Waals surface area contributed by atoms with E-state index in [1.807, 2.05) is 19.9 Å². The summed E-state index contributed by atoms with van der Waals surface area (Å²) in [6.07, 6.45) is 0.898. The van der Waals surface area contributed by atoms with Crippen molar-refractivity contribution >= 4 is 11.6 Å². The summed E-state index contributed by atoms with van der Waals surface area (Å²) in [5.74, 6) is -0.123. The minimum Gasteiger partial charge on any atom is -0.378 e. The van der Waals surface area contributed by atoms with Gasteiger partial charge in [0, 0.05) is 5.69 Å². The van der Waals surface area contributed by atoms with Crippen LogP contribution in [0.25, 0.3) is 0 Å². The number of aryl methyl sites for hydroxylation is 1. The molecule has 0 saturated carbocycles. The summed E-state index contributed by atoms with van der Waals surface area (Å²) in [5, 5.41) is 11.7. The van der Waals surface area contributed by atoms with E-state index < -0.39 is 0 Å². The molecular formula is C14H16N2O2. The highest BCUT2D eigenvalue weighted by Crippen LogP contribution is 2.22. The van der Waals surface area contributed by atoms with Crippen molar-refractivity contribution in [2.45, 2.75) is 26.4 Å². The van der Waals surface area contributed by atoms with Crippen molar-refractivity contribution in [3.05, 3.63) is 29.3 Å². The number of benzene rings is 1. The predicted octanol–water partition coefficient (Wildman–Crippen LogP) is 2.23. The standard InChI is InChI=1S/C14H16N2O2/c1-9-3-4-11(7-15)6-13(9)16-14(17)12-5-10(2)18-8-12/h3-4,6,10,12H,5,8H2,1-2H3,(H,16,17). The average molecular weight is 244 g/mol. The lowest BCUT2D eigenvalue weighted by atomic mass is 10.0. The lowest BCUT2D eigenvalue weighted by molar-refractivity contribution is -0.119. The lowest BCUT2D eigenvalue weighted by Gasteiger charge is -2.11. The van der Waals surface area contributed by atoms with Gasteiger partial charge in [0.1, 0.15) is 0 Å². The van der Waals surface area contributed by atoms with Crippen LogP contribution in [-0.2, 0) is 9.53 Å². The van der Waals surface area contributed by atoms with E-state index in [0.29, 0.717) is 17.9 Å². The van der Waals surface area contributed by atoms with Crippen LogP contribution < -0.4 is 5.32 Å². The van der Waals surface area contributed by atoms with Gasteiger partial charge in [-0.25, -0.2) is 0 Å². The molecule has 1 aromatic carbocycles. The van der Waals surface area contributed by atoms with Gasteiger partial charge in [0.15, 0.2) is 0 Å². The summed E-state index contributed by atoms with van der Waals surface area (Å²) in [5.41, 5.74) is 2.21. The first-order chi connectivity index (χ1) is 8.60. The van der Waals surface area contributed by atoms with Crippen molar-refractivity contribution < 1.29 is 9.53 Å². The molecule has 2 rings (SSSR count). The van der Waals surface area contributed by atoms with Crippen LogP contribution in [-0.4, -0.2) is 18.6 Å². The zero-order valence-corrected chi connectivity index (χ0v) is 10.6. The number of nitriles is 1. The number of hydrogen-bond acceptors (Lipinski definition) is 3. The second-order valence-corrected chi connectivity index (χ2v) is 4.71. The number of ether oxygens (including phenoxy) is 1. The normalized spacial score (nSPS) is 22.5. The van der Waals surface area contributed by atoms with Crippen LogP contribution in [0.3, 0.4) is 0 Å². The molecule has 2 atom stereocenters. The molecule has 1 aliphatic rings. The van der Waals surface area contributed by atoms with Gasteiger partial charge >= 0.3 is 0 Å². The molecule has 0 spiro atoms. The molecule has 1 saturated heterocycles. The van der Waals surface area contributed by atoms with Crippen LogP contribution in [0.4, 0.5) is 5.69 Å².